The summed E-state index contributed by atoms with van der Waals surface area (Å²) in [6, 6.07) is 1.63. The van der Waals surface area contributed by atoms with Gasteiger partial charge in [0.05, 0.1) is 10.2 Å². The fraction of sp³-hybridized carbons (Fsp3) is 0.385. The van der Waals surface area contributed by atoms with Crippen LogP contribution >= 0.6 is 15.9 Å². The van der Waals surface area contributed by atoms with Gasteiger partial charge in [-0.15, -0.1) is 0 Å². The molecule has 1 aliphatic rings. The van der Waals surface area contributed by atoms with Crippen LogP contribution in [0.3, 0.4) is 0 Å². The molecule has 0 radical (unpaired) electrons. The molecule has 1 heterocycles. The Morgan fingerprint density at radius 3 is 3.00 bits per heavy atom. The third-order valence-electron chi connectivity index (χ3n) is 2.98. The smallest absolute Gasteiger partial charge is 0.264 e. The van der Waals surface area contributed by atoms with E-state index < -0.39 is 0 Å². The number of anilines is 1. The molecule has 0 spiro atoms. The first-order valence-corrected chi connectivity index (χ1v) is 6.68. The quantitative estimate of drug-likeness (QED) is 0.872. The Morgan fingerprint density at radius 1 is 1.61 bits per heavy atom. The van der Waals surface area contributed by atoms with E-state index in [0.29, 0.717) is 22.5 Å². The van der Waals surface area contributed by atoms with E-state index in [1.165, 1.54) is 4.57 Å². The first-order chi connectivity index (χ1) is 8.56. The van der Waals surface area contributed by atoms with Gasteiger partial charge >= 0.3 is 0 Å². The lowest BCUT2D eigenvalue weighted by molar-refractivity contribution is -0.116. The lowest BCUT2D eigenvalue weighted by atomic mass is 10.1. The van der Waals surface area contributed by atoms with Gasteiger partial charge in [0.25, 0.3) is 5.56 Å². The summed E-state index contributed by atoms with van der Waals surface area (Å²) in [6.45, 7) is 0. The van der Waals surface area contributed by atoms with Crippen molar-refractivity contribution >= 4 is 27.5 Å². The summed E-state index contributed by atoms with van der Waals surface area (Å²) in [7, 11) is 1.66. The molecule has 0 saturated carbocycles. The molecule has 18 heavy (non-hydrogen) atoms. The Labute approximate surface area is 114 Å². The standard InChI is InChI=1S/C13H15BrN2O2/c1-16-8-10(7-11(14)13(16)18)15-12(17)6-9-4-2-3-5-9/h2,4,7-9H,3,5-6H2,1H3,(H,15,17)/t9-/m1/s1. The summed E-state index contributed by atoms with van der Waals surface area (Å²) >= 11 is 3.18. The maximum Gasteiger partial charge on any atom is 0.264 e. The van der Waals surface area contributed by atoms with Gasteiger partial charge in [0.1, 0.15) is 0 Å². The summed E-state index contributed by atoms with van der Waals surface area (Å²) in [5, 5.41) is 2.82. The van der Waals surface area contributed by atoms with Crippen LogP contribution in [0.15, 0.2) is 33.7 Å². The van der Waals surface area contributed by atoms with Crippen molar-refractivity contribution in [2.45, 2.75) is 19.3 Å². The van der Waals surface area contributed by atoms with E-state index in [2.05, 4.69) is 33.4 Å². The molecule has 1 aromatic rings. The van der Waals surface area contributed by atoms with Gasteiger partial charge in [0.2, 0.25) is 5.91 Å². The van der Waals surface area contributed by atoms with Gasteiger partial charge in [0.15, 0.2) is 0 Å². The van der Waals surface area contributed by atoms with Crippen LogP contribution in [-0.4, -0.2) is 10.5 Å². The Hall–Kier alpha value is -1.36. The average molecular weight is 311 g/mol. The normalized spacial score (nSPS) is 18.0. The van der Waals surface area contributed by atoms with Gasteiger partial charge in [-0.3, -0.25) is 9.59 Å². The lowest BCUT2D eigenvalue weighted by Crippen LogP contribution is -2.20. The molecule has 1 amide bonds. The first kappa shape index (κ1) is 13.1. The van der Waals surface area contributed by atoms with Crippen molar-refractivity contribution in [3.63, 3.8) is 0 Å². The van der Waals surface area contributed by atoms with E-state index >= 15 is 0 Å². The van der Waals surface area contributed by atoms with Crippen molar-refractivity contribution in [1.29, 1.82) is 0 Å². The van der Waals surface area contributed by atoms with Crippen LogP contribution in [0.1, 0.15) is 19.3 Å². The molecule has 0 unspecified atom stereocenters. The molecule has 1 aliphatic carbocycles. The highest BCUT2D eigenvalue weighted by atomic mass is 79.9. The summed E-state index contributed by atoms with van der Waals surface area (Å²) < 4.78 is 1.89. The Bertz CT molecular complexity index is 522. The van der Waals surface area contributed by atoms with Crippen LogP contribution in [0.5, 0.6) is 0 Å². The van der Waals surface area contributed by atoms with E-state index in [1.807, 2.05) is 0 Å². The number of aromatic nitrogens is 1. The van der Waals surface area contributed by atoms with E-state index in [-0.39, 0.29) is 11.5 Å². The largest absolute Gasteiger partial charge is 0.325 e. The van der Waals surface area contributed by atoms with Gasteiger partial charge in [-0.05, 0) is 40.8 Å². The SMILES string of the molecule is Cn1cc(NC(=O)C[C@@H]2C=CCC2)cc(Br)c1=O. The van der Waals surface area contributed by atoms with E-state index in [9.17, 15) is 9.59 Å². The monoisotopic (exact) mass is 310 g/mol. The van der Waals surface area contributed by atoms with E-state index in [1.54, 1.807) is 19.3 Å². The van der Waals surface area contributed by atoms with Crippen LogP contribution < -0.4 is 10.9 Å². The number of pyridine rings is 1. The fourth-order valence-corrected chi connectivity index (χ4v) is 2.58. The average Bonchev–Trinajstić information content (AvgIpc) is 2.78. The second-order valence-electron chi connectivity index (χ2n) is 4.51. The molecular formula is C13H15BrN2O2. The molecule has 1 aromatic heterocycles. The number of nitrogens with zero attached hydrogens (tertiary/aromatic N) is 1. The highest BCUT2D eigenvalue weighted by Crippen LogP contribution is 2.21. The number of amides is 1. The summed E-state index contributed by atoms with van der Waals surface area (Å²) in [5.41, 5.74) is 0.516. The predicted molar refractivity (Wildman–Crippen MR) is 74.5 cm³/mol. The van der Waals surface area contributed by atoms with Crippen molar-refractivity contribution in [2.75, 3.05) is 5.32 Å². The third kappa shape index (κ3) is 3.10. The Balaban J connectivity index is 2.02. The molecule has 0 aromatic carbocycles. The van der Waals surface area contributed by atoms with Crippen LogP contribution in [0.4, 0.5) is 5.69 Å². The van der Waals surface area contributed by atoms with Crippen LogP contribution in [0.2, 0.25) is 0 Å². The van der Waals surface area contributed by atoms with E-state index in [4.69, 9.17) is 0 Å². The minimum atomic E-state index is -0.119. The zero-order valence-electron chi connectivity index (χ0n) is 10.1. The van der Waals surface area contributed by atoms with Crippen molar-refractivity contribution < 1.29 is 4.79 Å². The predicted octanol–water partition coefficient (Wildman–Crippen LogP) is 2.44. The highest BCUT2D eigenvalue weighted by molar-refractivity contribution is 9.10. The van der Waals surface area contributed by atoms with Gasteiger partial charge in [-0.1, -0.05) is 12.2 Å². The molecule has 0 aliphatic heterocycles. The minimum absolute atomic E-state index is 0.0166. The van der Waals surface area contributed by atoms with Crippen molar-refractivity contribution in [2.24, 2.45) is 13.0 Å². The number of carbonyl (C=O) groups is 1. The highest BCUT2D eigenvalue weighted by Gasteiger charge is 2.14. The molecule has 96 valence electrons. The van der Waals surface area contributed by atoms with Crippen LogP contribution in [0.25, 0.3) is 0 Å². The lowest BCUT2D eigenvalue weighted by Gasteiger charge is -2.10. The zero-order chi connectivity index (χ0) is 13.1. The molecule has 0 bridgehead atoms. The van der Waals surface area contributed by atoms with Crippen molar-refractivity contribution in [1.82, 2.24) is 4.57 Å². The molecule has 4 nitrogen and oxygen atoms in total. The van der Waals surface area contributed by atoms with Gasteiger partial charge in [-0.25, -0.2) is 0 Å². The van der Waals surface area contributed by atoms with Gasteiger partial charge in [-0.2, -0.15) is 0 Å². The molecule has 1 N–H and O–H groups in total. The number of allylic oxidation sites excluding steroid dienone is 2. The van der Waals surface area contributed by atoms with Crippen molar-refractivity contribution in [3.05, 3.63) is 39.2 Å². The molecule has 0 fully saturated rings. The third-order valence-corrected chi connectivity index (χ3v) is 3.55. The van der Waals surface area contributed by atoms with Crippen LogP contribution in [-0.2, 0) is 11.8 Å². The number of carbonyl (C=O) groups excluding carboxylic acids is 1. The second-order valence-corrected chi connectivity index (χ2v) is 5.36. The molecule has 1 atom stereocenters. The summed E-state index contributed by atoms with van der Waals surface area (Å²) in [5.74, 6) is 0.332. The number of hydrogen-bond donors (Lipinski definition) is 1. The minimum Gasteiger partial charge on any atom is -0.325 e. The number of halogens is 1. The van der Waals surface area contributed by atoms with E-state index in [0.717, 1.165) is 12.8 Å². The molecule has 2 rings (SSSR count). The van der Waals surface area contributed by atoms with Gasteiger partial charge < -0.3 is 9.88 Å². The molecule has 5 heteroatoms. The number of nitrogens with one attached hydrogen (secondary N) is 1. The summed E-state index contributed by atoms with van der Waals surface area (Å²) in [4.78, 5) is 23.3. The topological polar surface area (TPSA) is 51.1 Å². The number of rotatable bonds is 3. The number of aryl methyl sites for hydroxylation is 1. The summed E-state index contributed by atoms with van der Waals surface area (Å²) in [6.07, 6.45) is 8.43. The van der Waals surface area contributed by atoms with Gasteiger partial charge in [0, 0.05) is 19.7 Å². The van der Waals surface area contributed by atoms with Crippen LogP contribution in [0, 0.1) is 5.92 Å². The molecule has 0 saturated heterocycles. The Kier molecular flexibility index (Phi) is 4.01. The second kappa shape index (κ2) is 5.52. The Morgan fingerprint density at radius 2 is 2.39 bits per heavy atom. The molecular weight excluding hydrogens is 296 g/mol. The maximum absolute atomic E-state index is 11.8. The fourth-order valence-electron chi connectivity index (χ4n) is 2.06. The number of hydrogen-bond acceptors (Lipinski definition) is 2. The maximum atomic E-state index is 11.8. The zero-order valence-corrected chi connectivity index (χ0v) is 11.7. The van der Waals surface area contributed by atoms with Crippen molar-refractivity contribution in [3.8, 4) is 0 Å². The first-order valence-electron chi connectivity index (χ1n) is 5.89.